The van der Waals surface area contributed by atoms with Gasteiger partial charge < -0.3 is 16.0 Å². The van der Waals surface area contributed by atoms with Crippen LogP contribution in [0.15, 0.2) is 10.9 Å². The molecule has 0 saturated heterocycles. The van der Waals surface area contributed by atoms with Crippen LogP contribution in [-0.2, 0) is 6.42 Å². The molecule has 4 N–H and O–H groups in total. The Morgan fingerprint density at radius 2 is 2.24 bits per heavy atom. The highest BCUT2D eigenvalue weighted by Crippen LogP contribution is 2.31. The van der Waals surface area contributed by atoms with Crippen LogP contribution in [0.25, 0.3) is 0 Å². The maximum absolute atomic E-state index is 11.5. The standard InChI is InChI=1S/C12H20N4O/c1-2-9-14-10(7-11(17)15-9)16-12(8-13)5-3-4-6-12/h7H,2-6,8,13H2,1H3,(H2,14,15,16,17). The summed E-state index contributed by atoms with van der Waals surface area (Å²) in [5.41, 5.74) is 5.68. The number of anilines is 1. The number of aryl methyl sites for hydroxylation is 1. The fourth-order valence-electron chi connectivity index (χ4n) is 2.44. The Bertz CT molecular complexity index is 434. The summed E-state index contributed by atoms with van der Waals surface area (Å²) in [7, 11) is 0. The third-order valence-corrected chi connectivity index (χ3v) is 3.47. The lowest BCUT2D eigenvalue weighted by Crippen LogP contribution is -2.43. The maximum atomic E-state index is 11.5. The Morgan fingerprint density at radius 3 is 2.82 bits per heavy atom. The molecule has 0 atom stereocenters. The molecule has 5 nitrogen and oxygen atoms in total. The van der Waals surface area contributed by atoms with Crippen LogP contribution in [-0.4, -0.2) is 22.1 Å². The van der Waals surface area contributed by atoms with Crippen LogP contribution in [0.1, 0.15) is 38.4 Å². The highest BCUT2D eigenvalue weighted by atomic mass is 16.1. The molecular formula is C12H20N4O. The Kier molecular flexibility index (Phi) is 3.47. The largest absolute Gasteiger partial charge is 0.363 e. The Morgan fingerprint density at radius 1 is 1.53 bits per heavy atom. The number of H-pyrrole nitrogens is 1. The molecule has 5 heteroatoms. The summed E-state index contributed by atoms with van der Waals surface area (Å²) in [6.45, 7) is 2.55. The van der Waals surface area contributed by atoms with Crippen LogP contribution < -0.4 is 16.6 Å². The van der Waals surface area contributed by atoms with E-state index in [4.69, 9.17) is 5.73 Å². The number of nitrogens with zero attached hydrogens (tertiary/aromatic N) is 1. The summed E-state index contributed by atoms with van der Waals surface area (Å²) < 4.78 is 0. The number of aromatic amines is 1. The van der Waals surface area contributed by atoms with Crippen molar-refractivity contribution in [2.75, 3.05) is 11.9 Å². The molecule has 17 heavy (non-hydrogen) atoms. The number of hydrogen-bond acceptors (Lipinski definition) is 4. The van der Waals surface area contributed by atoms with E-state index in [0.29, 0.717) is 18.2 Å². The topological polar surface area (TPSA) is 83.8 Å². The van der Waals surface area contributed by atoms with Gasteiger partial charge in [-0.15, -0.1) is 0 Å². The zero-order valence-corrected chi connectivity index (χ0v) is 10.3. The average molecular weight is 236 g/mol. The highest BCUT2D eigenvalue weighted by Gasteiger charge is 2.32. The number of nitrogens with one attached hydrogen (secondary N) is 2. The minimum atomic E-state index is -0.107. The second-order valence-corrected chi connectivity index (χ2v) is 4.75. The number of nitrogens with two attached hydrogens (primary N) is 1. The van der Waals surface area contributed by atoms with Gasteiger partial charge in [-0.3, -0.25) is 4.79 Å². The van der Waals surface area contributed by atoms with Crippen molar-refractivity contribution in [1.29, 1.82) is 0 Å². The molecule has 1 fully saturated rings. The molecule has 0 amide bonds. The first kappa shape index (κ1) is 12.1. The molecule has 1 aliphatic rings. The molecule has 1 saturated carbocycles. The summed E-state index contributed by atoms with van der Waals surface area (Å²) in [5.74, 6) is 1.36. The minimum Gasteiger partial charge on any atom is -0.363 e. The molecule has 2 rings (SSSR count). The van der Waals surface area contributed by atoms with Crippen LogP contribution in [0.4, 0.5) is 5.82 Å². The van der Waals surface area contributed by atoms with Crippen LogP contribution in [0, 0.1) is 0 Å². The SMILES string of the molecule is CCc1nc(NC2(CN)CCCC2)cc(=O)[nH]1. The predicted molar refractivity (Wildman–Crippen MR) is 68.1 cm³/mol. The van der Waals surface area contributed by atoms with Gasteiger partial charge in [-0.1, -0.05) is 19.8 Å². The molecule has 0 spiro atoms. The Hall–Kier alpha value is -1.36. The lowest BCUT2D eigenvalue weighted by molar-refractivity contribution is 0.490. The van der Waals surface area contributed by atoms with E-state index < -0.39 is 0 Å². The van der Waals surface area contributed by atoms with Gasteiger partial charge in [0.2, 0.25) is 0 Å². The molecule has 1 aromatic heterocycles. The molecule has 1 heterocycles. The summed E-state index contributed by atoms with van der Waals surface area (Å²) in [6, 6.07) is 1.51. The Balaban J connectivity index is 2.22. The minimum absolute atomic E-state index is 0.0637. The van der Waals surface area contributed by atoms with Crippen LogP contribution in [0.2, 0.25) is 0 Å². The fourth-order valence-corrected chi connectivity index (χ4v) is 2.44. The second kappa shape index (κ2) is 4.87. The van der Waals surface area contributed by atoms with Crippen molar-refractivity contribution in [3.63, 3.8) is 0 Å². The van der Waals surface area contributed by atoms with E-state index in [-0.39, 0.29) is 11.1 Å². The zero-order valence-electron chi connectivity index (χ0n) is 10.3. The van der Waals surface area contributed by atoms with Crippen LogP contribution in [0.5, 0.6) is 0 Å². The monoisotopic (exact) mass is 236 g/mol. The second-order valence-electron chi connectivity index (χ2n) is 4.75. The first-order valence-corrected chi connectivity index (χ1v) is 6.26. The van der Waals surface area contributed by atoms with Gasteiger partial charge in [0, 0.05) is 19.0 Å². The summed E-state index contributed by atoms with van der Waals surface area (Å²) in [5, 5.41) is 3.36. The van der Waals surface area contributed by atoms with Crippen molar-refractivity contribution in [3.05, 3.63) is 22.2 Å². The van der Waals surface area contributed by atoms with Gasteiger partial charge >= 0.3 is 0 Å². The van der Waals surface area contributed by atoms with Gasteiger partial charge in [0.25, 0.3) is 5.56 Å². The van der Waals surface area contributed by atoms with Gasteiger partial charge in [-0.25, -0.2) is 4.98 Å². The number of rotatable bonds is 4. The van der Waals surface area contributed by atoms with Crippen molar-refractivity contribution in [3.8, 4) is 0 Å². The molecular weight excluding hydrogens is 216 g/mol. The predicted octanol–water partition coefficient (Wildman–Crippen LogP) is 1.02. The molecule has 0 unspecified atom stereocenters. The van der Waals surface area contributed by atoms with Gasteiger partial charge in [-0.2, -0.15) is 0 Å². The third kappa shape index (κ3) is 2.66. The average Bonchev–Trinajstić information content (AvgIpc) is 2.77. The highest BCUT2D eigenvalue weighted by molar-refractivity contribution is 5.37. The normalized spacial score (nSPS) is 18.2. The molecule has 0 radical (unpaired) electrons. The van der Waals surface area contributed by atoms with E-state index in [2.05, 4.69) is 15.3 Å². The molecule has 1 aromatic rings. The van der Waals surface area contributed by atoms with Gasteiger partial charge in [0.05, 0.1) is 5.54 Å². The van der Waals surface area contributed by atoms with Gasteiger partial charge in [0.1, 0.15) is 11.6 Å². The van der Waals surface area contributed by atoms with Gasteiger partial charge in [0.15, 0.2) is 0 Å². The van der Waals surface area contributed by atoms with E-state index in [1.54, 1.807) is 0 Å². The van der Waals surface area contributed by atoms with Crippen molar-refractivity contribution in [1.82, 2.24) is 9.97 Å². The lowest BCUT2D eigenvalue weighted by Gasteiger charge is -2.29. The third-order valence-electron chi connectivity index (χ3n) is 3.47. The van der Waals surface area contributed by atoms with E-state index in [9.17, 15) is 4.79 Å². The van der Waals surface area contributed by atoms with Crippen molar-refractivity contribution >= 4 is 5.82 Å². The molecule has 0 aromatic carbocycles. The van der Waals surface area contributed by atoms with Crippen molar-refractivity contribution in [2.24, 2.45) is 5.73 Å². The van der Waals surface area contributed by atoms with E-state index >= 15 is 0 Å². The molecule has 0 aliphatic heterocycles. The zero-order chi connectivity index (χ0) is 12.3. The maximum Gasteiger partial charge on any atom is 0.252 e. The first-order valence-electron chi connectivity index (χ1n) is 6.26. The van der Waals surface area contributed by atoms with E-state index in [0.717, 1.165) is 19.3 Å². The van der Waals surface area contributed by atoms with E-state index in [1.165, 1.54) is 18.9 Å². The van der Waals surface area contributed by atoms with Crippen molar-refractivity contribution in [2.45, 2.75) is 44.6 Å². The number of hydrogen-bond donors (Lipinski definition) is 3. The molecule has 94 valence electrons. The summed E-state index contributed by atoms with van der Waals surface area (Å²) in [4.78, 5) is 18.6. The molecule has 0 bridgehead atoms. The summed E-state index contributed by atoms with van der Waals surface area (Å²) >= 11 is 0. The van der Waals surface area contributed by atoms with Gasteiger partial charge in [-0.05, 0) is 12.8 Å². The first-order chi connectivity index (χ1) is 8.17. The Labute approximate surface area is 101 Å². The smallest absolute Gasteiger partial charge is 0.252 e. The summed E-state index contributed by atoms with van der Waals surface area (Å²) in [6.07, 6.45) is 5.21. The van der Waals surface area contributed by atoms with Crippen LogP contribution in [0.3, 0.4) is 0 Å². The molecule has 1 aliphatic carbocycles. The van der Waals surface area contributed by atoms with Crippen LogP contribution >= 0.6 is 0 Å². The lowest BCUT2D eigenvalue weighted by atomic mass is 9.98. The quantitative estimate of drug-likeness (QED) is 0.728. The van der Waals surface area contributed by atoms with E-state index in [1.807, 2.05) is 6.92 Å². The number of aromatic nitrogens is 2. The fraction of sp³-hybridized carbons (Fsp3) is 0.667. The van der Waals surface area contributed by atoms with Crippen molar-refractivity contribution < 1.29 is 0 Å².